The summed E-state index contributed by atoms with van der Waals surface area (Å²) in [6, 6.07) is 8.46. The molecule has 1 aromatic heterocycles. The summed E-state index contributed by atoms with van der Waals surface area (Å²) in [5, 5.41) is 1.33. The second kappa shape index (κ2) is 4.84. The van der Waals surface area contributed by atoms with Crippen molar-refractivity contribution < 1.29 is 0 Å². The number of aliphatic imine (C=N–C) groups is 1. The van der Waals surface area contributed by atoms with E-state index in [0.717, 1.165) is 25.9 Å². The molecular weight excluding hydrogens is 222 g/mol. The number of para-hydroxylation sites is 1. The largest absolute Gasteiger partial charge is 0.363 e. The molecule has 0 bridgehead atoms. The molecule has 2 aromatic rings. The van der Waals surface area contributed by atoms with E-state index in [1.165, 1.54) is 28.7 Å². The van der Waals surface area contributed by atoms with E-state index in [9.17, 15) is 0 Å². The number of fused-ring (bicyclic) bond motifs is 1. The molecule has 3 rings (SSSR count). The molecule has 3 heteroatoms. The van der Waals surface area contributed by atoms with Gasteiger partial charge in [0, 0.05) is 43.7 Å². The van der Waals surface area contributed by atoms with E-state index in [2.05, 4.69) is 47.4 Å². The number of nitrogens with one attached hydrogen (secondary N) is 1. The van der Waals surface area contributed by atoms with Crippen LogP contribution >= 0.6 is 0 Å². The van der Waals surface area contributed by atoms with Crippen molar-refractivity contribution in [3.63, 3.8) is 0 Å². The van der Waals surface area contributed by atoms with E-state index in [1.54, 1.807) is 0 Å². The minimum absolute atomic E-state index is 0.890. The normalized spacial score (nSPS) is 18.1. The molecule has 0 unspecified atom stereocenters. The molecule has 0 radical (unpaired) electrons. The molecule has 18 heavy (non-hydrogen) atoms. The van der Waals surface area contributed by atoms with Gasteiger partial charge in [-0.05, 0) is 24.5 Å². The quantitative estimate of drug-likeness (QED) is 0.880. The Kier molecular flexibility index (Phi) is 3.05. The SMILES string of the molecule is CN1CCCC1=NCCc1c[nH]c2ccccc12. The Hall–Kier alpha value is -1.77. The summed E-state index contributed by atoms with van der Waals surface area (Å²) in [6.45, 7) is 2.05. The van der Waals surface area contributed by atoms with Crippen molar-refractivity contribution in [2.45, 2.75) is 19.3 Å². The predicted molar refractivity (Wildman–Crippen MR) is 76.2 cm³/mol. The van der Waals surface area contributed by atoms with E-state index >= 15 is 0 Å². The molecule has 1 N–H and O–H groups in total. The minimum atomic E-state index is 0.890. The maximum absolute atomic E-state index is 4.71. The van der Waals surface area contributed by atoms with Gasteiger partial charge >= 0.3 is 0 Å². The Labute approximate surface area is 108 Å². The van der Waals surface area contributed by atoms with Gasteiger partial charge in [-0.1, -0.05) is 18.2 Å². The lowest BCUT2D eigenvalue weighted by atomic mass is 10.1. The van der Waals surface area contributed by atoms with Crippen LogP contribution in [0.3, 0.4) is 0 Å². The maximum Gasteiger partial charge on any atom is 0.0987 e. The number of hydrogen-bond acceptors (Lipinski definition) is 1. The lowest BCUT2D eigenvalue weighted by molar-refractivity contribution is 0.547. The van der Waals surface area contributed by atoms with E-state index in [-0.39, 0.29) is 0 Å². The van der Waals surface area contributed by atoms with E-state index in [0.29, 0.717) is 0 Å². The van der Waals surface area contributed by atoms with Crippen molar-refractivity contribution in [1.82, 2.24) is 9.88 Å². The van der Waals surface area contributed by atoms with Crippen LogP contribution in [0.25, 0.3) is 10.9 Å². The zero-order valence-corrected chi connectivity index (χ0v) is 10.8. The van der Waals surface area contributed by atoms with Gasteiger partial charge < -0.3 is 9.88 Å². The first-order chi connectivity index (χ1) is 8.84. The van der Waals surface area contributed by atoms with Gasteiger partial charge in [0.2, 0.25) is 0 Å². The minimum Gasteiger partial charge on any atom is -0.363 e. The van der Waals surface area contributed by atoms with E-state index in [1.807, 2.05) is 0 Å². The Morgan fingerprint density at radius 2 is 2.22 bits per heavy atom. The highest BCUT2D eigenvalue weighted by Gasteiger charge is 2.13. The number of aromatic amines is 1. The van der Waals surface area contributed by atoms with Gasteiger partial charge in [0.15, 0.2) is 0 Å². The van der Waals surface area contributed by atoms with E-state index < -0.39 is 0 Å². The van der Waals surface area contributed by atoms with Gasteiger partial charge in [0.05, 0.1) is 5.84 Å². The number of likely N-dealkylation sites (tertiary alicyclic amines) is 1. The van der Waals surface area contributed by atoms with Crippen molar-refractivity contribution in [2.75, 3.05) is 20.1 Å². The van der Waals surface area contributed by atoms with Gasteiger partial charge in [0.1, 0.15) is 0 Å². The number of nitrogens with zero attached hydrogens (tertiary/aromatic N) is 2. The topological polar surface area (TPSA) is 31.4 Å². The summed E-state index contributed by atoms with van der Waals surface area (Å²) < 4.78 is 0. The molecule has 0 amide bonds. The highest BCUT2D eigenvalue weighted by atomic mass is 15.2. The van der Waals surface area contributed by atoms with Crippen LogP contribution in [-0.4, -0.2) is 35.9 Å². The van der Waals surface area contributed by atoms with Crippen molar-refractivity contribution in [1.29, 1.82) is 0 Å². The Balaban J connectivity index is 1.70. The molecule has 1 aliphatic heterocycles. The van der Waals surface area contributed by atoms with Crippen LogP contribution in [0, 0.1) is 0 Å². The van der Waals surface area contributed by atoms with E-state index in [4.69, 9.17) is 4.99 Å². The highest BCUT2D eigenvalue weighted by molar-refractivity contribution is 5.84. The van der Waals surface area contributed by atoms with Crippen LogP contribution in [0.15, 0.2) is 35.5 Å². The van der Waals surface area contributed by atoms with Gasteiger partial charge in [0.25, 0.3) is 0 Å². The lowest BCUT2D eigenvalue weighted by Gasteiger charge is -2.10. The molecule has 0 atom stereocenters. The van der Waals surface area contributed by atoms with Crippen LogP contribution < -0.4 is 0 Å². The van der Waals surface area contributed by atoms with Crippen LogP contribution in [0.4, 0.5) is 0 Å². The fourth-order valence-corrected chi connectivity index (χ4v) is 2.64. The fraction of sp³-hybridized carbons (Fsp3) is 0.400. The van der Waals surface area contributed by atoms with Crippen LogP contribution in [0.2, 0.25) is 0 Å². The molecular formula is C15H19N3. The number of benzene rings is 1. The van der Waals surface area contributed by atoms with Gasteiger partial charge in [-0.3, -0.25) is 4.99 Å². The summed E-state index contributed by atoms with van der Waals surface area (Å²) >= 11 is 0. The average molecular weight is 241 g/mol. The zero-order valence-electron chi connectivity index (χ0n) is 10.8. The maximum atomic E-state index is 4.71. The summed E-state index contributed by atoms with van der Waals surface area (Å²) in [4.78, 5) is 10.3. The van der Waals surface area contributed by atoms with Crippen molar-refractivity contribution in [3.05, 3.63) is 36.0 Å². The third-order valence-electron chi connectivity index (χ3n) is 3.68. The van der Waals surface area contributed by atoms with Gasteiger partial charge in [-0.2, -0.15) is 0 Å². The third-order valence-corrected chi connectivity index (χ3v) is 3.68. The van der Waals surface area contributed by atoms with Crippen LogP contribution in [-0.2, 0) is 6.42 Å². The molecule has 0 aliphatic carbocycles. The summed E-state index contributed by atoms with van der Waals surface area (Å²) in [5.41, 5.74) is 2.59. The molecule has 94 valence electrons. The first-order valence-electron chi connectivity index (χ1n) is 6.64. The van der Waals surface area contributed by atoms with Crippen molar-refractivity contribution in [2.24, 2.45) is 4.99 Å². The molecule has 1 saturated heterocycles. The Morgan fingerprint density at radius 3 is 3.06 bits per heavy atom. The molecule has 0 saturated carbocycles. The number of amidine groups is 1. The lowest BCUT2D eigenvalue weighted by Crippen LogP contribution is -2.19. The number of H-pyrrole nitrogens is 1. The van der Waals surface area contributed by atoms with Gasteiger partial charge in [-0.15, -0.1) is 0 Å². The monoisotopic (exact) mass is 241 g/mol. The van der Waals surface area contributed by atoms with Crippen LogP contribution in [0.1, 0.15) is 18.4 Å². The Morgan fingerprint density at radius 1 is 1.33 bits per heavy atom. The molecule has 2 heterocycles. The standard InChI is InChI=1S/C15H19N3/c1-18-10-4-7-15(18)16-9-8-12-11-17-14-6-3-2-5-13(12)14/h2-3,5-6,11,17H,4,7-10H2,1H3. The average Bonchev–Trinajstić information content (AvgIpc) is 2.97. The molecule has 0 spiro atoms. The predicted octanol–water partition coefficient (Wildman–Crippen LogP) is 2.83. The van der Waals surface area contributed by atoms with Crippen molar-refractivity contribution >= 4 is 16.7 Å². The molecule has 1 aliphatic rings. The van der Waals surface area contributed by atoms with Gasteiger partial charge in [-0.25, -0.2) is 0 Å². The first-order valence-corrected chi connectivity index (χ1v) is 6.64. The first kappa shape index (κ1) is 11.3. The summed E-state index contributed by atoms with van der Waals surface area (Å²) in [6.07, 6.45) is 5.53. The molecule has 1 aromatic carbocycles. The smallest absolute Gasteiger partial charge is 0.0987 e. The number of rotatable bonds is 3. The fourth-order valence-electron chi connectivity index (χ4n) is 2.64. The number of aromatic nitrogens is 1. The summed E-state index contributed by atoms with van der Waals surface area (Å²) in [5.74, 6) is 1.27. The third kappa shape index (κ3) is 2.13. The second-order valence-electron chi connectivity index (χ2n) is 4.93. The molecule has 1 fully saturated rings. The second-order valence-corrected chi connectivity index (χ2v) is 4.93. The number of hydrogen-bond donors (Lipinski definition) is 1. The van der Waals surface area contributed by atoms with Crippen LogP contribution in [0.5, 0.6) is 0 Å². The van der Waals surface area contributed by atoms with Crippen molar-refractivity contribution in [3.8, 4) is 0 Å². The highest BCUT2D eigenvalue weighted by Crippen LogP contribution is 2.18. The molecule has 3 nitrogen and oxygen atoms in total. The zero-order chi connectivity index (χ0) is 12.4. The summed E-state index contributed by atoms with van der Waals surface area (Å²) in [7, 11) is 2.14. The Bertz CT molecular complexity index is 568.